The van der Waals surface area contributed by atoms with Crippen molar-refractivity contribution in [3.8, 4) is 0 Å². The van der Waals surface area contributed by atoms with E-state index < -0.39 is 0 Å². The molecule has 8 heteroatoms. The number of amides is 3. The number of benzene rings is 2. The molecule has 2 N–H and O–H groups in total. The molecule has 0 unspecified atom stereocenters. The van der Waals surface area contributed by atoms with Crippen LogP contribution in [-0.2, 0) is 11.3 Å². The normalized spacial score (nSPS) is 18.9. The first-order valence-corrected chi connectivity index (χ1v) is 14.6. The predicted octanol–water partition coefficient (Wildman–Crippen LogP) is 6.07. The molecule has 0 aromatic heterocycles. The molecule has 210 valence electrons. The van der Waals surface area contributed by atoms with Gasteiger partial charge in [-0.2, -0.15) is 0 Å². The van der Waals surface area contributed by atoms with Crippen molar-refractivity contribution < 1.29 is 14.0 Å². The Morgan fingerprint density at radius 1 is 0.897 bits per heavy atom. The molecule has 1 heterocycles. The lowest BCUT2D eigenvalue weighted by molar-refractivity contribution is -0.117. The summed E-state index contributed by atoms with van der Waals surface area (Å²) in [7, 11) is 4.31. The van der Waals surface area contributed by atoms with Gasteiger partial charge in [-0.1, -0.05) is 25.3 Å². The van der Waals surface area contributed by atoms with E-state index in [0.717, 1.165) is 81.4 Å². The molecule has 0 bridgehead atoms. The molecule has 0 spiro atoms. The first kappa shape index (κ1) is 27.4. The summed E-state index contributed by atoms with van der Waals surface area (Å²) in [5.74, 6) is -0.186. The van der Waals surface area contributed by atoms with Gasteiger partial charge in [0.05, 0.1) is 0 Å². The lowest BCUT2D eigenvalue weighted by Gasteiger charge is -2.39. The van der Waals surface area contributed by atoms with Gasteiger partial charge in [-0.25, -0.2) is 9.18 Å². The van der Waals surface area contributed by atoms with Crippen molar-refractivity contribution >= 4 is 29.0 Å². The lowest BCUT2D eigenvalue weighted by Crippen LogP contribution is -2.44. The third-order valence-corrected chi connectivity index (χ3v) is 8.60. The van der Waals surface area contributed by atoms with Gasteiger partial charge < -0.3 is 25.3 Å². The molecule has 1 aliphatic heterocycles. The van der Waals surface area contributed by atoms with E-state index in [1.807, 2.05) is 17.0 Å². The monoisotopic (exact) mass is 535 g/mol. The van der Waals surface area contributed by atoms with Gasteiger partial charge in [-0.05, 0) is 101 Å². The van der Waals surface area contributed by atoms with Crippen LogP contribution in [0.25, 0.3) is 0 Å². The second-order valence-electron chi connectivity index (χ2n) is 11.6. The van der Waals surface area contributed by atoms with Crippen LogP contribution in [0.5, 0.6) is 0 Å². The van der Waals surface area contributed by atoms with E-state index in [4.69, 9.17) is 0 Å². The number of nitrogens with one attached hydrogen (secondary N) is 2. The van der Waals surface area contributed by atoms with Gasteiger partial charge in [0, 0.05) is 48.7 Å². The van der Waals surface area contributed by atoms with Crippen LogP contribution in [0.4, 0.5) is 26.2 Å². The number of carbonyl (C=O) groups excluding carboxylic acids is 2. The molecule has 5 rings (SSSR count). The van der Waals surface area contributed by atoms with E-state index in [-0.39, 0.29) is 29.7 Å². The quantitative estimate of drug-likeness (QED) is 0.431. The molecule has 3 fully saturated rings. The van der Waals surface area contributed by atoms with Gasteiger partial charge in [0.2, 0.25) is 5.91 Å². The second-order valence-corrected chi connectivity index (χ2v) is 11.6. The fourth-order valence-corrected chi connectivity index (χ4v) is 6.01. The highest BCUT2D eigenvalue weighted by Gasteiger charge is 2.31. The number of piperidine rings is 1. The average Bonchev–Trinajstić information content (AvgIpc) is 3.78. The minimum absolute atomic E-state index is 0.0744. The maximum Gasteiger partial charge on any atom is 0.322 e. The molecule has 0 radical (unpaired) electrons. The van der Waals surface area contributed by atoms with E-state index >= 15 is 0 Å². The number of anilines is 3. The van der Waals surface area contributed by atoms with E-state index in [1.165, 1.54) is 18.6 Å². The first-order chi connectivity index (χ1) is 18.9. The minimum Gasteiger partial charge on any atom is -0.371 e. The van der Waals surface area contributed by atoms with Crippen molar-refractivity contribution in [3.05, 3.63) is 53.8 Å². The molecule has 39 heavy (non-hydrogen) atoms. The Bertz CT molecular complexity index is 1160. The maximum absolute atomic E-state index is 13.9. The summed E-state index contributed by atoms with van der Waals surface area (Å²) in [5, 5.41) is 6.04. The van der Waals surface area contributed by atoms with Crippen LogP contribution in [0.3, 0.4) is 0 Å². The van der Waals surface area contributed by atoms with Crippen LogP contribution in [0.1, 0.15) is 63.4 Å². The summed E-state index contributed by atoms with van der Waals surface area (Å²) in [6.45, 7) is 2.54. The van der Waals surface area contributed by atoms with Crippen LogP contribution in [0.2, 0.25) is 0 Å². The smallest absolute Gasteiger partial charge is 0.322 e. The molecule has 0 atom stereocenters. The number of carbonyl (C=O) groups is 2. The standard InChI is InChI=1S/C31H42FN5O2/c1-35-17-15-27(16-18-35)36(2)29-14-13-26(33-30(38)22-11-12-22)19-23(29)21-37(28-9-4-3-5-10-28)31(39)34-25-8-6-7-24(32)20-25/h6-8,13-14,19-20,22,27-28H,3-5,9-12,15-18,21H2,1-2H3,(H,33,38)(H,34,39). The summed E-state index contributed by atoms with van der Waals surface area (Å²) in [6, 6.07) is 12.5. The number of nitrogens with zero attached hydrogens (tertiary/aromatic N) is 3. The van der Waals surface area contributed by atoms with Gasteiger partial charge in [-0.3, -0.25) is 4.79 Å². The molecular weight excluding hydrogens is 493 g/mol. The van der Waals surface area contributed by atoms with Crippen molar-refractivity contribution in [2.75, 3.05) is 42.7 Å². The molecule has 3 amide bonds. The van der Waals surface area contributed by atoms with E-state index in [9.17, 15) is 14.0 Å². The topological polar surface area (TPSA) is 67.9 Å². The molecular formula is C31H42FN5O2. The second kappa shape index (κ2) is 12.4. The minimum atomic E-state index is -0.377. The molecule has 2 aromatic carbocycles. The summed E-state index contributed by atoms with van der Waals surface area (Å²) < 4.78 is 13.9. The van der Waals surface area contributed by atoms with Gasteiger partial charge in [-0.15, -0.1) is 0 Å². The molecule has 3 aliphatic rings. The highest BCUT2D eigenvalue weighted by atomic mass is 19.1. The number of rotatable bonds is 8. The zero-order chi connectivity index (χ0) is 27.4. The van der Waals surface area contributed by atoms with Gasteiger partial charge >= 0.3 is 6.03 Å². The SMILES string of the molecule is CN1CCC(N(C)c2ccc(NC(=O)C3CC3)cc2CN(C(=O)Nc2cccc(F)c2)C2CCCCC2)CC1. The van der Waals surface area contributed by atoms with Gasteiger partial charge in [0.15, 0.2) is 0 Å². The summed E-state index contributed by atoms with van der Waals surface area (Å²) in [6.07, 6.45) is 9.34. The Kier molecular flexibility index (Phi) is 8.70. The third kappa shape index (κ3) is 7.10. The fraction of sp³-hybridized carbons (Fsp3) is 0.548. The van der Waals surface area contributed by atoms with E-state index in [2.05, 4.69) is 40.6 Å². The fourth-order valence-electron chi connectivity index (χ4n) is 6.01. The average molecular weight is 536 g/mol. The molecule has 1 saturated heterocycles. The van der Waals surface area contributed by atoms with Crippen molar-refractivity contribution in [2.45, 2.75) is 76.4 Å². The Labute approximate surface area is 231 Å². The van der Waals surface area contributed by atoms with Crippen molar-refractivity contribution in [1.82, 2.24) is 9.80 Å². The molecule has 2 aliphatic carbocycles. The molecule has 7 nitrogen and oxygen atoms in total. The predicted molar refractivity (Wildman–Crippen MR) is 155 cm³/mol. The summed E-state index contributed by atoms with van der Waals surface area (Å²) >= 11 is 0. The zero-order valence-electron chi connectivity index (χ0n) is 23.3. The number of hydrogen-bond acceptors (Lipinski definition) is 4. The number of urea groups is 1. The first-order valence-electron chi connectivity index (χ1n) is 14.6. The zero-order valence-corrected chi connectivity index (χ0v) is 23.3. The van der Waals surface area contributed by atoms with Gasteiger partial charge in [0.25, 0.3) is 0 Å². The highest BCUT2D eigenvalue weighted by molar-refractivity contribution is 5.94. The summed E-state index contributed by atoms with van der Waals surface area (Å²) in [4.78, 5) is 32.9. The van der Waals surface area contributed by atoms with Crippen LogP contribution < -0.4 is 15.5 Å². The highest BCUT2D eigenvalue weighted by Crippen LogP contribution is 2.34. The van der Waals surface area contributed by atoms with Crippen molar-refractivity contribution in [3.63, 3.8) is 0 Å². The van der Waals surface area contributed by atoms with Gasteiger partial charge in [0.1, 0.15) is 5.82 Å². The Morgan fingerprint density at radius 2 is 1.62 bits per heavy atom. The van der Waals surface area contributed by atoms with Crippen LogP contribution in [-0.4, -0.2) is 61.0 Å². The summed E-state index contributed by atoms with van der Waals surface area (Å²) in [5.41, 5.74) is 3.34. The Balaban J connectivity index is 1.43. The number of likely N-dealkylation sites (tertiary alicyclic amines) is 1. The maximum atomic E-state index is 13.9. The number of hydrogen-bond donors (Lipinski definition) is 2. The molecule has 2 saturated carbocycles. The molecule has 2 aromatic rings. The lowest BCUT2D eigenvalue weighted by atomic mass is 9.93. The Hall–Kier alpha value is -3.13. The Morgan fingerprint density at radius 3 is 2.31 bits per heavy atom. The van der Waals surface area contributed by atoms with Crippen molar-refractivity contribution in [1.29, 1.82) is 0 Å². The largest absolute Gasteiger partial charge is 0.371 e. The third-order valence-electron chi connectivity index (χ3n) is 8.60. The number of halogens is 1. The van der Waals surface area contributed by atoms with Crippen LogP contribution in [0, 0.1) is 11.7 Å². The van der Waals surface area contributed by atoms with Crippen LogP contribution in [0.15, 0.2) is 42.5 Å². The van der Waals surface area contributed by atoms with Crippen LogP contribution >= 0.6 is 0 Å². The van der Waals surface area contributed by atoms with Crippen molar-refractivity contribution in [2.24, 2.45) is 5.92 Å². The van der Waals surface area contributed by atoms with E-state index in [0.29, 0.717) is 18.3 Å². The van der Waals surface area contributed by atoms with E-state index in [1.54, 1.807) is 12.1 Å².